The van der Waals surface area contributed by atoms with Gasteiger partial charge in [0.05, 0.1) is 6.54 Å². The number of aromatic nitrogens is 1. The molecule has 0 atom stereocenters. The molecule has 0 unspecified atom stereocenters. The maximum atomic E-state index is 11.4. The van der Waals surface area contributed by atoms with Crippen LogP contribution in [0.5, 0.6) is 0 Å². The molecule has 7 nitrogen and oxygen atoms in total. The number of aromatic carboxylic acids is 1. The number of hydrogen-bond donors (Lipinski definition) is 3. The quantitative estimate of drug-likeness (QED) is 0.706. The molecule has 0 saturated heterocycles. The van der Waals surface area contributed by atoms with Gasteiger partial charge < -0.3 is 20.9 Å². The van der Waals surface area contributed by atoms with E-state index in [0.717, 1.165) is 0 Å². The van der Waals surface area contributed by atoms with Crippen LogP contribution in [-0.2, 0) is 4.74 Å². The summed E-state index contributed by atoms with van der Waals surface area (Å²) in [5.74, 6) is 4.11. The number of carbonyl (C=O) groups is 2. The number of pyridine rings is 1. The molecule has 0 aliphatic heterocycles. The predicted octanol–water partition coefficient (Wildman–Crippen LogP) is 1.24. The van der Waals surface area contributed by atoms with E-state index in [2.05, 4.69) is 22.1 Å². The standard InChI is InChI=1S/C14H17N3O4/c1-14(2,3)21-13(20)16-6-4-5-9-7-10(12(18)19)11(15)17-8-9/h7-8H,6H2,1-3H3,(H2,15,17)(H,16,20)(H,18,19). The summed E-state index contributed by atoms with van der Waals surface area (Å²) in [6, 6.07) is 1.32. The fourth-order valence-electron chi connectivity index (χ4n) is 1.29. The van der Waals surface area contributed by atoms with E-state index in [1.807, 2.05) is 0 Å². The Hall–Kier alpha value is -2.75. The maximum Gasteiger partial charge on any atom is 0.408 e. The number of alkyl carbamates (subject to hydrolysis) is 1. The fraction of sp³-hybridized carbons (Fsp3) is 0.357. The molecule has 112 valence electrons. The van der Waals surface area contributed by atoms with E-state index in [-0.39, 0.29) is 17.9 Å². The number of nitrogens with two attached hydrogens (primary N) is 1. The van der Waals surface area contributed by atoms with Gasteiger partial charge in [-0.2, -0.15) is 0 Å². The molecule has 1 rings (SSSR count). The molecule has 0 spiro atoms. The van der Waals surface area contributed by atoms with Crippen LogP contribution in [0, 0.1) is 11.8 Å². The summed E-state index contributed by atoms with van der Waals surface area (Å²) < 4.78 is 5.03. The molecule has 21 heavy (non-hydrogen) atoms. The lowest BCUT2D eigenvalue weighted by Gasteiger charge is -2.18. The Morgan fingerprint density at radius 2 is 2.14 bits per heavy atom. The third-order valence-corrected chi connectivity index (χ3v) is 2.10. The Bertz CT molecular complexity index is 609. The van der Waals surface area contributed by atoms with E-state index in [1.165, 1.54) is 12.3 Å². The van der Waals surface area contributed by atoms with Crippen molar-refractivity contribution in [3.05, 3.63) is 23.4 Å². The fourth-order valence-corrected chi connectivity index (χ4v) is 1.29. The van der Waals surface area contributed by atoms with Crippen LogP contribution in [0.15, 0.2) is 12.3 Å². The van der Waals surface area contributed by atoms with Crippen molar-refractivity contribution in [2.45, 2.75) is 26.4 Å². The lowest BCUT2D eigenvalue weighted by atomic mass is 10.2. The number of rotatable bonds is 2. The first-order valence-corrected chi connectivity index (χ1v) is 6.13. The second-order valence-corrected chi connectivity index (χ2v) is 5.12. The summed E-state index contributed by atoms with van der Waals surface area (Å²) in [5, 5.41) is 11.4. The molecule has 0 aromatic carbocycles. The molecule has 0 aliphatic carbocycles. The molecule has 4 N–H and O–H groups in total. The predicted molar refractivity (Wildman–Crippen MR) is 76.7 cm³/mol. The van der Waals surface area contributed by atoms with E-state index >= 15 is 0 Å². The molecule has 1 aromatic rings. The monoisotopic (exact) mass is 291 g/mol. The Balaban J connectivity index is 2.62. The van der Waals surface area contributed by atoms with E-state index < -0.39 is 17.7 Å². The van der Waals surface area contributed by atoms with Crippen LogP contribution in [0.1, 0.15) is 36.7 Å². The summed E-state index contributed by atoms with van der Waals surface area (Å²) in [6.45, 7) is 5.34. The third kappa shape index (κ3) is 5.82. The van der Waals surface area contributed by atoms with E-state index in [9.17, 15) is 9.59 Å². The first kappa shape index (κ1) is 16.3. The van der Waals surface area contributed by atoms with E-state index in [0.29, 0.717) is 5.56 Å². The van der Waals surface area contributed by atoms with Gasteiger partial charge in [-0.15, -0.1) is 0 Å². The number of hydrogen-bond acceptors (Lipinski definition) is 5. The zero-order valence-corrected chi connectivity index (χ0v) is 12.1. The second-order valence-electron chi connectivity index (χ2n) is 5.12. The minimum atomic E-state index is -1.17. The van der Waals surface area contributed by atoms with Crippen molar-refractivity contribution in [2.75, 3.05) is 12.3 Å². The van der Waals surface area contributed by atoms with Crippen molar-refractivity contribution in [2.24, 2.45) is 0 Å². The Labute approximate surface area is 122 Å². The van der Waals surface area contributed by atoms with Crippen LogP contribution < -0.4 is 11.1 Å². The molecule has 1 heterocycles. The minimum Gasteiger partial charge on any atom is -0.478 e. The lowest BCUT2D eigenvalue weighted by molar-refractivity contribution is 0.0534. The number of nitrogens with zero attached hydrogens (tertiary/aromatic N) is 1. The zero-order chi connectivity index (χ0) is 16.0. The molecule has 0 radical (unpaired) electrons. The maximum absolute atomic E-state index is 11.4. The van der Waals surface area contributed by atoms with Crippen molar-refractivity contribution >= 4 is 17.9 Å². The van der Waals surface area contributed by atoms with Crippen molar-refractivity contribution in [3.8, 4) is 11.8 Å². The topological polar surface area (TPSA) is 115 Å². The largest absolute Gasteiger partial charge is 0.478 e. The van der Waals surface area contributed by atoms with Gasteiger partial charge in [0.2, 0.25) is 0 Å². The average Bonchev–Trinajstić information content (AvgIpc) is 2.34. The number of nitrogens with one attached hydrogen (secondary N) is 1. The minimum absolute atomic E-state index is 0.0695. The van der Waals surface area contributed by atoms with Gasteiger partial charge in [-0.1, -0.05) is 11.8 Å². The van der Waals surface area contributed by atoms with Gasteiger partial charge in [0.1, 0.15) is 17.0 Å². The smallest absolute Gasteiger partial charge is 0.408 e. The van der Waals surface area contributed by atoms with Crippen molar-refractivity contribution < 1.29 is 19.4 Å². The van der Waals surface area contributed by atoms with Crippen molar-refractivity contribution in [3.63, 3.8) is 0 Å². The summed E-state index contributed by atoms with van der Waals surface area (Å²) >= 11 is 0. The first-order valence-electron chi connectivity index (χ1n) is 6.13. The third-order valence-electron chi connectivity index (χ3n) is 2.10. The molecule has 1 amide bonds. The van der Waals surface area contributed by atoms with Gasteiger partial charge >= 0.3 is 12.1 Å². The van der Waals surface area contributed by atoms with Gasteiger partial charge in [-0.25, -0.2) is 14.6 Å². The normalized spacial score (nSPS) is 10.2. The number of carboxylic acid groups (broad SMARTS) is 1. The number of nitrogen functional groups attached to an aromatic ring is 1. The van der Waals surface area contributed by atoms with Gasteiger partial charge in [0, 0.05) is 11.8 Å². The molecule has 0 fully saturated rings. The summed E-state index contributed by atoms with van der Waals surface area (Å²) in [4.78, 5) is 26.0. The first-order chi connectivity index (χ1) is 9.69. The van der Waals surface area contributed by atoms with Gasteiger partial charge in [0.15, 0.2) is 0 Å². The molecular weight excluding hydrogens is 274 g/mol. The highest BCUT2D eigenvalue weighted by Gasteiger charge is 2.15. The number of ether oxygens (including phenoxy) is 1. The number of anilines is 1. The highest BCUT2D eigenvalue weighted by Crippen LogP contribution is 2.09. The van der Waals surface area contributed by atoms with Crippen LogP contribution in [0.3, 0.4) is 0 Å². The van der Waals surface area contributed by atoms with Crippen LogP contribution >= 0.6 is 0 Å². The SMILES string of the molecule is CC(C)(C)OC(=O)NCC#Cc1cnc(N)c(C(=O)O)c1. The number of amides is 1. The number of carbonyl (C=O) groups excluding carboxylic acids is 1. The van der Waals surface area contributed by atoms with Crippen molar-refractivity contribution in [1.29, 1.82) is 0 Å². The molecule has 1 aromatic heterocycles. The summed E-state index contributed by atoms with van der Waals surface area (Å²) in [7, 11) is 0. The summed E-state index contributed by atoms with van der Waals surface area (Å²) in [6.07, 6.45) is 0.792. The van der Waals surface area contributed by atoms with Gasteiger partial charge in [-0.3, -0.25) is 0 Å². The Morgan fingerprint density at radius 3 is 2.71 bits per heavy atom. The highest BCUT2D eigenvalue weighted by molar-refractivity contribution is 5.92. The Kier molecular flexibility index (Phi) is 5.13. The summed E-state index contributed by atoms with van der Waals surface area (Å²) in [5.41, 5.74) is 5.14. The molecule has 0 aliphatic rings. The van der Waals surface area contributed by atoms with Gasteiger partial charge in [-0.05, 0) is 26.8 Å². The Morgan fingerprint density at radius 1 is 1.48 bits per heavy atom. The van der Waals surface area contributed by atoms with Crippen LogP contribution in [0.2, 0.25) is 0 Å². The average molecular weight is 291 g/mol. The molecule has 0 saturated carbocycles. The van der Waals surface area contributed by atoms with E-state index in [1.54, 1.807) is 20.8 Å². The highest BCUT2D eigenvalue weighted by atomic mass is 16.6. The van der Waals surface area contributed by atoms with Crippen LogP contribution in [0.4, 0.5) is 10.6 Å². The molecule has 7 heteroatoms. The zero-order valence-electron chi connectivity index (χ0n) is 12.1. The van der Waals surface area contributed by atoms with Crippen LogP contribution in [0.25, 0.3) is 0 Å². The molecule has 0 bridgehead atoms. The van der Waals surface area contributed by atoms with Crippen LogP contribution in [-0.4, -0.2) is 34.3 Å². The number of carboxylic acids is 1. The van der Waals surface area contributed by atoms with E-state index in [4.69, 9.17) is 15.6 Å². The second kappa shape index (κ2) is 6.61. The molecular formula is C14H17N3O4. The lowest BCUT2D eigenvalue weighted by Crippen LogP contribution is -2.32. The van der Waals surface area contributed by atoms with Gasteiger partial charge in [0.25, 0.3) is 0 Å². The van der Waals surface area contributed by atoms with Crippen molar-refractivity contribution in [1.82, 2.24) is 10.3 Å².